The zero-order chi connectivity index (χ0) is 12.7. The molecule has 0 aliphatic heterocycles. The normalized spacial score (nSPS) is 14.2. The minimum absolute atomic E-state index is 0.0524. The van der Waals surface area contributed by atoms with Crippen LogP contribution in [-0.2, 0) is 9.53 Å². The molecular weight excluding hydrogens is 287 g/mol. The van der Waals surface area contributed by atoms with E-state index < -0.39 is 5.31 Å². The van der Waals surface area contributed by atoms with Gasteiger partial charge in [-0.2, -0.15) is 0 Å². The zero-order valence-electron chi connectivity index (χ0n) is 11.1. The van der Waals surface area contributed by atoms with Gasteiger partial charge in [-0.1, -0.05) is 0 Å². The molecule has 0 aliphatic rings. The van der Waals surface area contributed by atoms with Crippen LogP contribution >= 0.6 is 20.8 Å². The Morgan fingerprint density at radius 2 is 1.62 bits per heavy atom. The topological polar surface area (TPSA) is 26.3 Å². The Bertz CT molecular complexity index is 216. The van der Waals surface area contributed by atoms with Crippen LogP contribution in [0.3, 0.4) is 0 Å². The van der Waals surface area contributed by atoms with Crippen molar-refractivity contribution in [3.63, 3.8) is 0 Å². The van der Waals surface area contributed by atoms with Gasteiger partial charge in [-0.25, -0.2) is 0 Å². The number of halogens is 1. The number of esters is 1. The summed E-state index contributed by atoms with van der Waals surface area (Å²) >= 11 is 4.06. The molecule has 0 rings (SSSR count). The third kappa shape index (κ3) is 4.71. The Kier molecular flexibility index (Phi) is 7.12. The van der Waals surface area contributed by atoms with Crippen LogP contribution in [0.4, 0.5) is 0 Å². The molecule has 98 valence electrons. The van der Waals surface area contributed by atoms with Gasteiger partial charge in [0, 0.05) is 0 Å². The van der Waals surface area contributed by atoms with Crippen molar-refractivity contribution in [1.29, 1.82) is 0 Å². The Balaban J connectivity index is 4.20. The first kappa shape index (κ1) is 16.4. The van der Waals surface area contributed by atoms with Crippen LogP contribution in [0.15, 0.2) is 0 Å². The van der Waals surface area contributed by atoms with Crippen LogP contribution in [0.1, 0.15) is 40.5 Å². The van der Waals surface area contributed by atoms with E-state index in [0.29, 0.717) is 13.0 Å². The average molecular weight is 313 g/mol. The van der Waals surface area contributed by atoms with Gasteiger partial charge >= 0.3 is 108 Å². The molecule has 4 heteroatoms. The van der Waals surface area contributed by atoms with E-state index in [9.17, 15) is 4.79 Å². The molecule has 0 unspecified atom stereocenters. The second-order valence-electron chi connectivity index (χ2n) is 4.40. The number of ether oxygens (including phenoxy) is 1. The van der Waals surface area contributed by atoms with Crippen molar-refractivity contribution in [3.05, 3.63) is 0 Å². The van der Waals surface area contributed by atoms with Crippen molar-refractivity contribution < 1.29 is 9.53 Å². The van der Waals surface area contributed by atoms with E-state index in [1.165, 1.54) is 18.5 Å². The monoisotopic (exact) mass is 312 g/mol. The number of hydrogen-bond acceptors (Lipinski definition) is 2. The van der Waals surface area contributed by atoms with Crippen molar-refractivity contribution in [2.75, 3.05) is 31.3 Å². The number of carbonyl (C=O) groups is 1. The molecular formula is C12H26BrO2P. The number of rotatable bonds is 8. The van der Waals surface area contributed by atoms with Crippen LogP contribution < -0.4 is 0 Å². The molecule has 2 nitrogen and oxygen atoms in total. The quantitative estimate of drug-likeness (QED) is 0.494. The fourth-order valence-electron chi connectivity index (χ4n) is 2.00. The van der Waals surface area contributed by atoms with Crippen molar-refractivity contribution in [2.24, 2.45) is 0 Å². The van der Waals surface area contributed by atoms with Gasteiger partial charge in [-0.15, -0.1) is 0 Å². The molecule has 0 bridgehead atoms. The van der Waals surface area contributed by atoms with Gasteiger partial charge in [0.2, 0.25) is 0 Å². The molecule has 0 fully saturated rings. The summed E-state index contributed by atoms with van der Waals surface area (Å²) in [5.41, 5.74) is 0. The van der Waals surface area contributed by atoms with Crippen molar-refractivity contribution in [3.8, 4) is 0 Å². The van der Waals surface area contributed by atoms with Crippen LogP contribution in [0.25, 0.3) is 0 Å². The molecule has 16 heavy (non-hydrogen) atoms. The summed E-state index contributed by atoms with van der Waals surface area (Å²) in [6.07, 6.45) is 6.35. The molecule has 0 radical (unpaired) electrons. The second kappa shape index (κ2) is 6.96. The predicted molar refractivity (Wildman–Crippen MR) is 78.2 cm³/mol. The molecule has 0 aromatic rings. The fourth-order valence-corrected chi connectivity index (χ4v) is 5.99. The molecule has 0 heterocycles. The van der Waals surface area contributed by atoms with Gasteiger partial charge in [-0.05, 0) is 0 Å². The minimum atomic E-state index is -1.67. The number of hydrogen-bond donors (Lipinski definition) is 0. The molecule has 0 atom stereocenters. The zero-order valence-corrected chi connectivity index (χ0v) is 13.6. The maximum absolute atomic E-state index is 11.3. The van der Waals surface area contributed by atoms with Crippen molar-refractivity contribution in [1.82, 2.24) is 0 Å². The van der Waals surface area contributed by atoms with Gasteiger partial charge in [0.15, 0.2) is 0 Å². The molecule has 0 saturated heterocycles. The van der Waals surface area contributed by atoms with E-state index in [0.717, 1.165) is 12.6 Å². The molecule has 0 aliphatic carbocycles. The summed E-state index contributed by atoms with van der Waals surface area (Å²) < 4.78 is 4.95. The Morgan fingerprint density at radius 3 is 2.00 bits per heavy atom. The van der Waals surface area contributed by atoms with Gasteiger partial charge in [0.1, 0.15) is 0 Å². The molecule has 0 aromatic heterocycles. The van der Waals surface area contributed by atoms with E-state index in [4.69, 9.17) is 4.74 Å². The third-order valence-corrected chi connectivity index (χ3v) is 15.5. The first-order chi connectivity index (χ1) is 7.43. The van der Waals surface area contributed by atoms with Crippen LogP contribution in [0, 0.1) is 0 Å². The summed E-state index contributed by atoms with van der Waals surface area (Å²) in [4.78, 5) is 11.3. The molecule has 0 N–H and O–H groups in total. The first-order valence-corrected chi connectivity index (χ1v) is 11.3. The summed E-state index contributed by atoms with van der Waals surface area (Å²) in [6, 6.07) is 0. The maximum atomic E-state index is 11.3. The Labute approximate surface area is 108 Å². The Hall–Kier alpha value is 0.380. The van der Waals surface area contributed by atoms with E-state index in [1.54, 1.807) is 0 Å². The first-order valence-electron chi connectivity index (χ1n) is 6.31. The third-order valence-electron chi connectivity index (χ3n) is 3.77. The molecule has 0 saturated carbocycles. The second-order valence-corrected chi connectivity index (χ2v) is 16.4. The summed E-state index contributed by atoms with van der Waals surface area (Å²) in [6.45, 7) is 9.15. The molecule has 0 spiro atoms. The fraction of sp³-hybridized carbons (Fsp3) is 0.917. The van der Waals surface area contributed by atoms with Crippen LogP contribution in [0.2, 0.25) is 0 Å². The number of carbonyl (C=O) groups excluding carboxylic acids is 1. The van der Waals surface area contributed by atoms with E-state index in [2.05, 4.69) is 36.3 Å². The van der Waals surface area contributed by atoms with Gasteiger partial charge in [0.25, 0.3) is 0 Å². The summed E-state index contributed by atoms with van der Waals surface area (Å²) in [7, 11) is 0. The standard InChI is InChI=1S/C12H26BrO2P/c1-5-15-12(14)10-9-11-16(13,6-2,7-3)8-4/h5-11H2,1-4H3. The van der Waals surface area contributed by atoms with Crippen LogP contribution in [-0.4, -0.2) is 37.2 Å². The van der Waals surface area contributed by atoms with Gasteiger partial charge in [0.05, 0.1) is 0 Å². The molecule has 0 amide bonds. The van der Waals surface area contributed by atoms with Crippen molar-refractivity contribution >= 4 is 26.8 Å². The molecule has 0 aromatic carbocycles. The van der Waals surface area contributed by atoms with E-state index in [-0.39, 0.29) is 5.97 Å². The van der Waals surface area contributed by atoms with Gasteiger partial charge in [-0.3, -0.25) is 0 Å². The van der Waals surface area contributed by atoms with Crippen LogP contribution in [0.5, 0.6) is 0 Å². The van der Waals surface area contributed by atoms with E-state index in [1.807, 2.05) is 6.92 Å². The SMILES string of the molecule is CCOC(=O)CCCP(Br)(CC)(CC)CC. The average Bonchev–Trinajstić information content (AvgIpc) is 2.30. The summed E-state index contributed by atoms with van der Waals surface area (Å²) in [5.74, 6) is -0.0524. The Morgan fingerprint density at radius 1 is 1.12 bits per heavy atom. The predicted octanol–water partition coefficient (Wildman–Crippen LogP) is 4.25. The summed E-state index contributed by atoms with van der Waals surface area (Å²) in [5, 5.41) is -1.67. The van der Waals surface area contributed by atoms with E-state index >= 15 is 0 Å². The van der Waals surface area contributed by atoms with Crippen molar-refractivity contribution in [2.45, 2.75) is 40.5 Å². The van der Waals surface area contributed by atoms with Gasteiger partial charge < -0.3 is 0 Å².